The molecule has 3 nitrogen and oxygen atoms in total. The molecule has 0 saturated carbocycles. The van der Waals surface area contributed by atoms with Gasteiger partial charge in [0.15, 0.2) is 0 Å². The molecule has 80 valence electrons. The Labute approximate surface area is 85.2 Å². The molecule has 1 amide bonds. The largest absolute Gasteiger partial charge is 0.394 e. The Kier molecular flexibility index (Phi) is 4.66. The van der Waals surface area contributed by atoms with Gasteiger partial charge in [-0.1, -0.05) is 19.1 Å². The Morgan fingerprint density at radius 3 is 3.00 bits per heavy atom. The first kappa shape index (κ1) is 11.2. The fraction of sp³-hybridized carbons (Fsp3) is 0.727. The molecular weight excluding hydrogens is 178 g/mol. The molecule has 0 fully saturated rings. The van der Waals surface area contributed by atoms with E-state index in [4.69, 9.17) is 5.11 Å². The maximum absolute atomic E-state index is 11.5. The second-order valence-corrected chi connectivity index (χ2v) is 3.82. The number of rotatable bonds is 5. The van der Waals surface area contributed by atoms with E-state index in [1.807, 2.05) is 6.92 Å². The van der Waals surface area contributed by atoms with Gasteiger partial charge in [0.25, 0.3) is 0 Å². The third-order valence-electron chi connectivity index (χ3n) is 2.64. The van der Waals surface area contributed by atoms with E-state index in [1.165, 1.54) is 0 Å². The van der Waals surface area contributed by atoms with Crippen LogP contribution >= 0.6 is 0 Å². The molecule has 0 saturated heterocycles. The number of hydrogen-bond donors (Lipinski definition) is 2. The highest BCUT2D eigenvalue weighted by Gasteiger charge is 2.15. The second kappa shape index (κ2) is 5.81. The minimum atomic E-state index is -0.0760. The van der Waals surface area contributed by atoms with Crippen molar-refractivity contribution in [2.24, 2.45) is 5.92 Å². The van der Waals surface area contributed by atoms with E-state index in [-0.39, 0.29) is 18.6 Å². The van der Waals surface area contributed by atoms with E-state index >= 15 is 0 Å². The molecule has 0 heterocycles. The number of carbonyl (C=O) groups excluding carboxylic acids is 1. The second-order valence-electron chi connectivity index (χ2n) is 3.82. The van der Waals surface area contributed by atoms with Gasteiger partial charge in [0.2, 0.25) is 5.91 Å². The number of hydrogen-bond acceptors (Lipinski definition) is 2. The molecule has 1 aliphatic rings. The molecule has 0 aliphatic heterocycles. The summed E-state index contributed by atoms with van der Waals surface area (Å²) in [5.41, 5.74) is 0. The zero-order valence-electron chi connectivity index (χ0n) is 8.70. The van der Waals surface area contributed by atoms with E-state index in [0.29, 0.717) is 12.3 Å². The number of carbonyl (C=O) groups is 1. The first-order valence-electron chi connectivity index (χ1n) is 5.33. The van der Waals surface area contributed by atoms with Crippen molar-refractivity contribution in [2.75, 3.05) is 6.61 Å². The van der Waals surface area contributed by atoms with Crippen LogP contribution in [0.3, 0.4) is 0 Å². The first-order chi connectivity index (χ1) is 6.76. The van der Waals surface area contributed by atoms with Crippen LogP contribution in [0.1, 0.15) is 32.6 Å². The first-order valence-corrected chi connectivity index (χ1v) is 5.33. The van der Waals surface area contributed by atoms with Crippen molar-refractivity contribution in [1.29, 1.82) is 0 Å². The van der Waals surface area contributed by atoms with Gasteiger partial charge in [-0.3, -0.25) is 4.79 Å². The summed E-state index contributed by atoms with van der Waals surface area (Å²) in [5, 5.41) is 11.7. The topological polar surface area (TPSA) is 49.3 Å². The van der Waals surface area contributed by atoms with Gasteiger partial charge in [-0.15, -0.1) is 0 Å². The predicted octanol–water partition coefficient (Wildman–Crippen LogP) is 1.23. The van der Waals surface area contributed by atoms with Crippen molar-refractivity contribution in [2.45, 2.75) is 38.6 Å². The molecule has 2 atom stereocenters. The lowest BCUT2D eigenvalue weighted by atomic mass is 10.0. The summed E-state index contributed by atoms with van der Waals surface area (Å²) in [4.78, 5) is 11.5. The van der Waals surface area contributed by atoms with Crippen molar-refractivity contribution in [3.05, 3.63) is 12.2 Å². The molecule has 0 spiro atoms. The van der Waals surface area contributed by atoms with Gasteiger partial charge in [-0.05, 0) is 25.2 Å². The summed E-state index contributed by atoms with van der Waals surface area (Å²) in [6, 6.07) is -0.0760. The summed E-state index contributed by atoms with van der Waals surface area (Å²) in [6.45, 7) is 1.99. The van der Waals surface area contributed by atoms with Crippen LogP contribution in [0.4, 0.5) is 0 Å². The molecular formula is C11H19NO2. The van der Waals surface area contributed by atoms with Gasteiger partial charge >= 0.3 is 0 Å². The van der Waals surface area contributed by atoms with Crippen LogP contribution in [0.2, 0.25) is 0 Å². The van der Waals surface area contributed by atoms with E-state index in [0.717, 1.165) is 19.3 Å². The van der Waals surface area contributed by atoms with Gasteiger partial charge in [0.1, 0.15) is 0 Å². The quantitative estimate of drug-likeness (QED) is 0.651. The van der Waals surface area contributed by atoms with Crippen molar-refractivity contribution in [1.82, 2.24) is 5.32 Å². The Morgan fingerprint density at radius 2 is 2.50 bits per heavy atom. The van der Waals surface area contributed by atoms with E-state index < -0.39 is 0 Å². The highest BCUT2D eigenvalue weighted by atomic mass is 16.3. The van der Waals surface area contributed by atoms with Crippen LogP contribution in [0.5, 0.6) is 0 Å². The number of allylic oxidation sites excluding steroid dienone is 2. The van der Waals surface area contributed by atoms with Crippen LogP contribution < -0.4 is 5.32 Å². The van der Waals surface area contributed by atoms with E-state index in [1.54, 1.807) is 0 Å². The third-order valence-corrected chi connectivity index (χ3v) is 2.64. The minimum Gasteiger partial charge on any atom is -0.394 e. The van der Waals surface area contributed by atoms with Crippen LogP contribution in [-0.2, 0) is 4.79 Å². The van der Waals surface area contributed by atoms with Gasteiger partial charge in [-0.2, -0.15) is 0 Å². The van der Waals surface area contributed by atoms with Gasteiger partial charge in [0, 0.05) is 6.42 Å². The minimum absolute atomic E-state index is 0.0305. The monoisotopic (exact) mass is 197 g/mol. The maximum Gasteiger partial charge on any atom is 0.220 e. The smallest absolute Gasteiger partial charge is 0.220 e. The molecule has 2 N–H and O–H groups in total. The average Bonchev–Trinajstić information content (AvgIpc) is 2.66. The molecule has 14 heavy (non-hydrogen) atoms. The molecule has 0 aromatic heterocycles. The Bertz CT molecular complexity index is 209. The van der Waals surface area contributed by atoms with Gasteiger partial charge < -0.3 is 10.4 Å². The number of aliphatic hydroxyl groups excluding tert-OH is 1. The molecule has 0 aromatic carbocycles. The standard InChI is InChI=1S/C11H19NO2/c1-2-10(8-13)12-11(14)7-9-5-3-4-6-9/h3,5,9-10,13H,2,4,6-8H2,1H3,(H,12,14)/t9?,10-/m0/s1. The zero-order valence-corrected chi connectivity index (χ0v) is 8.70. The van der Waals surface area contributed by atoms with Crippen LogP contribution in [0.25, 0.3) is 0 Å². The van der Waals surface area contributed by atoms with Crippen molar-refractivity contribution >= 4 is 5.91 Å². The predicted molar refractivity (Wildman–Crippen MR) is 55.8 cm³/mol. The maximum atomic E-state index is 11.5. The Morgan fingerprint density at radius 1 is 1.71 bits per heavy atom. The Balaban J connectivity index is 2.23. The lowest BCUT2D eigenvalue weighted by Gasteiger charge is -2.15. The van der Waals surface area contributed by atoms with Crippen molar-refractivity contribution < 1.29 is 9.90 Å². The highest BCUT2D eigenvalue weighted by Crippen LogP contribution is 2.19. The lowest BCUT2D eigenvalue weighted by molar-refractivity contribution is -0.122. The lowest BCUT2D eigenvalue weighted by Crippen LogP contribution is -2.37. The van der Waals surface area contributed by atoms with Crippen LogP contribution in [0.15, 0.2) is 12.2 Å². The third kappa shape index (κ3) is 3.50. The Hall–Kier alpha value is -0.830. The number of nitrogens with one attached hydrogen (secondary N) is 1. The fourth-order valence-corrected chi connectivity index (χ4v) is 1.67. The van der Waals surface area contributed by atoms with Gasteiger partial charge in [-0.25, -0.2) is 0 Å². The van der Waals surface area contributed by atoms with E-state index in [9.17, 15) is 4.79 Å². The number of aliphatic hydroxyl groups is 1. The highest BCUT2D eigenvalue weighted by molar-refractivity contribution is 5.76. The molecule has 0 radical (unpaired) electrons. The molecule has 1 rings (SSSR count). The number of amides is 1. The summed E-state index contributed by atoms with van der Waals surface area (Å²) in [6.07, 6.45) is 7.76. The average molecular weight is 197 g/mol. The fourth-order valence-electron chi connectivity index (χ4n) is 1.67. The van der Waals surface area contributed by atoms with Crippen LogP contribution in [-0.4, -0.2) is 23.7 Å². The summed E-state index contributed by atoms with van der Waals surface area (Å²) >= 11 is 0. The molecule has 0 aromatic rings. The molecule has 0 bridgehead atoms. The van der Waals surface area contributed by atoms with Crippen molar-refractivity contribution in [3.63, 3.8) is 0 Å². The van der Waals surface area contributed by atoms with E-state index in [2.05, 4.69) is 17.5 Å². The normalized spacial score (nSPS) is 22.3. The summed E-state index contributed by atoms with van der Waals surface area (Å²) in [5.74, 6) is 0.466. The zero-order chi connectivity index (χ0) is 10.4. The van der Waals surface area contributed by atoms with Crippen LogP contribution in [0, 0.1) is 5.92 Å². The van der Waals surface area contributed by atoms with Gasteiger partial charge in [0.05, 0.1) is 12.6 Å². The SMILES string of the molecule is CC[C@@H](CO)NC(=O)CC1C=CCC1. The molecule has 3 heteroatoms. The van der Waals surface area contributed by atoms with Crippen molar-refractivity contribution in [3.8, 4) is 0 Å². The molecule has 1 aliphatic carbocycles. The summed E-state index contributed by atoms with van der Waals surface area (Å²) in [7, 11) is 0. The molecule has 1 unspecified atom stereocenters. The summed E-state index contributed by atoms with van der Waals surface area (Å²) < 4.78 is 0.